The number of aromatic hydroxyl groups is 2. The van der Waals surface area contributed by atoms with Crippen molar-refractivity contribution in [2.75, 3.05) is 13.1 Å². The van der Waals surface area contributed by atoms with Gasteiger partial charge in [-0.15, -0.1) is 0 Å². The van der Waals surface area contributed by atoms with Crippen molar-refractivity contribution in [2.24, 2.45) is 0 Å². The fourth-order valence-electron chi connectivity index (χ4n) is 3.21. The molecule has 2 aliphatic rings. The lowest BCUT2D eigenvalue weighted by molar-refractivity contribution is 0.0927. The zero-order valence-electron chi connectivity index (χ0n) is 10.7. The first kappa shape index (κ1) is 12.3. The minimum Gasteiger partial charge on any atom is -0.508 e. The maximum Gasteiger partial charge on any atom is 0.255 e. The Kier molecular flexibility index (Phi) is 3.06. The summed E-state index contributed by atoms with van der Waals surface area (Å²) in [4.78, 5) is 14.6. The molecule has 0 aromatic heterocycles. The first-order valence-electron chi connectivity index (χ1n) is 6.72. The molecule has 2 saturated heterocycles. The van der Waals surface area contributed by atoms with E-state index in [0.29, 0.717) is 6.04 Å². The van der Waals surface area contributed by atoms with E-state index in [1.165, 1.54) is 24.6 Å². The average Bonchev–Trinajstić information content (AvgIpc) is 2.94. The topological polar surface area (TPSA) is 72.8 Å². The number of hydrogen-bond donors (Lipinski definition) is 3. The summed E-state index contributed by atoms with van der Waals surface area (Å²) in [7, 11) is 0. The quantitative estimate of drug-likeness (QED) is 0.745. The molecule has 2 atom stereocenters. The highest BCUT2D eigenvalue weighted by Crippen LogP contribution is 2.29. The number of fused-ring (bicyclic) bond motifs is 1. The lowest BCUT2D eigenvalue weighted by Crippen LogP contribution is -2.42. The van der Waals surface area contributed by atoms with Crippen molar-refractivity contribution in [3.8, 4) is 11.5 Å². The molecule has 0 spiro atoms. The zero-order valence-corrected chi connectivity index (χ0v) is 10.7. The molecule has 2 aliphatic heterocycles. The van der Waals surface area contributed by atoms with E-state index in [1.54, 1.807) is 0 Å². The van der Waals surface area contributed by atoms with Gasteiger partial charge in [-0.25, -0.2) is 0 Å². The summed E-state index contributed by atoms with van der Waals surface area (Å²) in [6, 6.07) is 4.66. The Morgan fingerprint density at radius 1 is 1.26 bits per heavy atom. The van der Waals surface area contributed by atoms with Crippen molar-refractivity contribution < 1.29 is 15.0 Å². The van der Waals surface area contributed by atoms with E-state index < -0.39 is 0 Å². The number of rotatable bonds is 2. The Labute approximate surface area is 111 Å². The molecule has 2 fully saturated rings. The molecular formula is C14H18N2O3. The summed E-state index contributed by atoms with van der Waals surface area (Å²) in [5.41, 5.74) is 0.217. The van der Waals surface area contributed by atoms with E-state index in [9.17, 15) is 15.0 Å². The van der Waals surface area contributed by atoms with Crippen LogP contribution in [0, 0.1) is 0 Å². The summed E-state index contributed by atoms with van der Waals surface area (Å²) in [5.74, 6) is -0.494. The summed E-state index contributed by atoms with van der Waals surface area (Å²) < 4.78 is 0. The molecule has 0 radical (unpaired) electrons. The predicted molar refractivity (Wildman–Crippen MR) is 70.2 cm³/mol. The smallest absolute Gasteiger partial charge is 0.255 e. The molecule has 3 rings (SSSR count). The van der Waals surface area contributed by atoms with Crippen molar-refractivity contribution in [1.82, 2.24) is 10.2 Å². The molecule has 0 aliphatic carbocycles. The number of benzene rings is 1. The number of carbonyl (C=O) groups excluding carboxylic acids is 1. The second-order valence-corrected chi connectivity index (χ2v) is 5.32. The first-order chi connectivity index (χ1) is 9.15. The molecule has 1 amide bonds. The van der Waals surface area contributed by atoms with Crippen molar-refractivity contribution in [1.29, 1.82) is 0 Å². The van der Waals surface area contributed by atoms with Crippen LogP contribution in [0.4, 0.5) is 0 Å². The van der Waals surface area contributed by atoms with E-state index in [1.807, 2.05) is 0 Å². The molecular weight excluding hydrogens is 244 g/mol. The van der Waals surface area contributed by atoms with E-state index in [4.69, 9.17) is 0 Å². The van der Waals surface area contributed by atoms with Gasteiger partial charge in [-0.2, -0.15) is 0 Å². The Morgan fingerprint density at radius 3 is 2.89 bits per heavy atom. The van der Waals surface area contributed by atoms with Gasteiger partial charge >= 0.3 is 0 Å². The summed E-state index contributed by atoms with van der Waals surface area (Å²) in [5, 5.41) is 21.9. The minimum atomic E-state index is -0.267. The van der Waals surface area contributed by atoms with Gasteiger partial charge in [0.25, 0.3) is 5.91 Å². The summed E-state index contributed by atoms with van der Waals surface area (Å²) in [6.45, 7) is 2.17. The highest BCUT2D eigenvalue weighted by molar-refractivity contribution is 5.97. The maximum absolute atomic E-state index is 12.2. The van der Waals surface area contributed by atoms with Gasteiger partial charge in [0.15, 0.2) is 0 Å². The normalized spacial score (nSPS) is 26.3. The van der Waals surface area contributed by atoms with Crippen LogP contribution in [0.1, 0.15) is 29.6 Å². The second-order valence-electron chi connectivity index (χ2n) is 5.32. The molecule has 2 heterocycles. The van der Waals surface area contributed by atoms with Gasteiger partial charge in [0, 0.05) is 24.7 Å². The Balaban J connectivity index is 1.71. The van der Waals surface area contributed by atoms with Gasteiger partial charge in [0.2, 0.25) is 0 Å². The monoisotopic (exact) mass is 262 g/mol. The molecule has 0 saturated carbocycles. The number of amides is 1. The van der Waals surface area contributed by atoms with Gasteiger partial charge in [-0.1, -0.05) is 0 Å². The predicted octanol–water partition coefficient (Wildman–Crippen LogP) is 1.06. The molecule has 2 unspecified atom stereocenters. The van der Waals surface area contributed by atoms with Crippen LogP contribution < -0.4 is 5.32 Å². The first-order valence-corrected chi connectivity index (χ1v) is 6.72. The van der Waals surface area contributed by atoms with Crippen LogP contribution in [0.3, 0.4) is 0 Å². The van der Waals surface area contributed by atoms with Crippen LogP contribution in [-0.4, -0.2) is 46.2 Å². The van der Waals surface area contributed by atoms with Gasteiger partial charge < -0.3 is 15.5 Å². The standard InChI is InChI=1S/C14H18N2O3/c17-9-3-4-10(13(18)8-9)14(19)15-11-5-7-16-6-1-2-12(11)16/h3-4,8,11-12,17-18H,1-2,5-7H2,(H,15,19). The van der Waals surface area contributed by atoms with E-state index >= 15 is 0 Å². The van der Waals surface area contributed by atoms with Gasteiger partial charge in [-0.05, 0) is 37.9 Å². The average molecular weight is 262 g/mol. The molecule has 3 N–H and O–H groups in total. The van der Waals surface area contributed by atoms with Gasteiger partial charge in [0.1, 0.15) is 11.5 Å². The third-order valence-corrected chi connectivity index (χ3v) is 4.15. The lowest BCUT2D eigenvalue weighted by Gasteiger charge is -2.21. The van der Waals surface area contributed by atoms with Crippen LogP contribution >= 0.6 is 0 Å². The molecule has 102 valence electrons. The Morgan fingerprint density at radius 2 is 2.11 bits per heavy atom. The van der Waals surface area contributed by atoms with Gasteiger partial charge in [0.05, 0.1) is 5.56 Å². The maximum atomic E-state index is 12.2. The highest BCUT2D eigenvalue weighted by Gasteiger charge is 2.38. The summed E-state index contributed by atoms with van der Waals surface area (Å²) >= 11 is 0. The third-order valence-electron chi connectivity index (χ3n) is 4.15. The zero-order chi connectivity index (χ0) is 13.4. The van der Waals surface area contributed by atoms with Crippen molar-refractivity contribution >= 4 is 5.91 Å². The number of phenols is 2. The van der Waals surface area contributed by atoms with Crippen LogP contribution in [0.5, 0.6) is 11.5 Å². The van der Waals surface area contributed by atoms with Crippen molar-refractivity contribution in [3.63, 3.8) is 0 Å². The SMILES string of the molecule is O=C(NC1CCN2CCCC12)c1ccc(O)cc1O. The molecule has 1 aromatic rings. The van der Waals surface area contributed by atoms with Crippen LogP contribution in [-0.2, 0) is 0 Å². The van der Waals surface area contributed by atoms with E-state index in [0.717, 1.165) is 25.9 Å². The van der Waals surface area contributed by atoms with Crippen LogP contribution in [0.25, 0.3) is 0 Å². The largest absolute Gasteiger partial charge is 0.508 e. The molecule has 1 aromatic carbocycles. The fourth-order valence-corrected chi connectivity index (χ4v) is 3.21. The number of nitrogens with zero attached hydrogens (tertiary/aromatic N) is 1. The molecule has 19 heavy (non-hydrogen) atoms. The number of nitrogens with one attached hydrogen (secondary N) is 1. The molecule has 5 nitrogen and oxygen atoms in total. The number of hydrogen-bond acceptors (Lipinski definition) is 4. The van der Waals surface area contributed by atoms with Gasteiger partial charge in [-0.3, -0.25) is 9.69 Å². The van der Waals surface area contributed by atoms with E-state index in [-0.39, 0.29) is 29.0 Å². The third kappa shape index (κ3) is 2.26. The Bertz CT molecular complexity index is 503. The highest BCUT2D eigenvalue weighted by atomic mass is 16.3. The second kappa shape index (κ2) is 4.74. The Hall–Kier alpha value is -1.75. The summed E-state index contributed by atoms with van der Waals surface area (Å²) in [6.07, 6.45) is 3.29. The van der Waals surface area contributed by atoms with E-state index in [2.05, 4.69) is 10.2 Å². The molecule has 0 bridgehead atoms. The van der Waals surface area contributed by atoms with Crippen molar-refractivity contribution in [3.05, 3.63) is 23.8 Å². The van der Waals surface area contributed by atoms with Crippen molar-refractivity contribution in [2.45, 2.75) is 31.3 Å². The van der Waals surface area contributed by atoms with Crippen LogP contribution in [0.2, 0.25) is 0 Å². The number of carbonyl (C=O) groups is 1. The molecule has 5 heteroatoms. The minimum absolute atomic E-state index is 0.0446. The van der Waals surface area contributed by atoms with Crippen LogP contribution in [0.15, 0.2) is 18.2 Å². The fraction of sp³-hybridized carbons (Fsp3) is 0.500. The lowest BCUT2D eigenvalue weighted by atomic mass is 10.1. The number of phenolic OH excluding ortho intramolecular Hbond substituents is 2.